The third kappa shape index (κ3) is 3.23. The summed E-state index contributed by atoms with van der Waals surface area (Å²) in [4.78, 5) is 6.89. The number of anilines is 1. The SMILES string of the molecule is OCCCN(Cc1cn2ccccc2n1)c1ccccc1. The highest BCUT2D eigenvalue weighted by molar-refractivity contribution is 5.47. The molecular weight excluding hydrogens is 262 g/mol. The lowest BCUT2D eigenvalue weighted by molar-refractivity contribution is 0.289. The van der Waals surface area contributed by atoms with Gasteiger partial charge in [-0.3, -0.25) is 0 Å². The van der Waals surface area contributed by atoms with Gasteiger partial charge in [-0.25, -0.2) is 4.98 Å². The number of imidazole rings is 1. The fourth-order valence-electron chi connectivity index (χ4n) is 2.46. The number of hydrogen-bond acceptors (Lipinski definition) is 3. The van der Waals surface area contributed by atoms with Crippen molar-refractivity contribution >= 4 is 11.3 Å². The third-order valence-electron chi connectivity index (χ3n) is 3.47. The van der Waals surface area contributed by atoms with Crippen molar-refractivity contribution in [2.24, 2.45) is 0 Å². The number of hydrogen-bond donors (Lipinski definition) is 1. The van der Waals surface area contributed by atoms with Crippen molar-refractivity contribution in [3.05, 3.63) is 66.6 Å². The van der Waals surface area contributed by atoms with Crippen LogP contribution in [0.4, 0.5) is 5.69 Å². The molecule has 3 aromatic rings. The van der Waals surface area contributed by atoms with Crippen molar-refractivity contribution in [3.63, 3.8) is 0 Å². The Morgan fingerprint density at radius 2 is 1.86 bits per heavy atom. The van der Waals surface area contributed by atoms with Crippen LogP contribution in [0.25, 0.3) is 5.65 Å². The predicted molar refractivity (Wildman–Crippen MR) is 84.4 cm³/mol. The van der Waals surface area contributed by atoms with E-state index in [4.69, 9.17) is 5.11 Å². The molecule has 0 spiro atoms. The van der Waals surface area contributed by atoms with E-state index in [0.29, 0.717) is 0 Å². The lowest BCUT2D eigenvalue weighted by atomic mass is 10.2. The number of aliphatic hydroxyl groups is 1. The molecule has 4 nitrogen and oxygen atoms in total. The quantitative estimate of drug-likeness (QED) is 0.755. The van der Waals surface area contributed by atoms with E-state index in [-0.39, 0.29) is 6.61 Å². The third-order valence-corrected chi connectivity index (χ3v) is 3.47. The molecule has 0 saturated heterocycles. The van der Waals surface area contributed by atoms with Crippen LogP contribution in [0.15, 0.2) is 60.9 Å². The van der Waals surface area contributed by atoms with Gasteiger partial charge in [0.05, 0.1) is 12.2 Å². The van der Waals surface area contributed by atoms with Gasteiger partial charge in [0.2, 0.25) is 0 Å². The first-order valence-corrected chi connectivity index (χ1v) is 7.20. The highest BCUT2D eigenvalue weighted by Crippen LogP contribution is 2.17. The number of benzene rings is 1. The topological polar surface area (TPSA) is 40.8 Å². The number of para-hydroxylation sites is 1. The molecule has 0 aliphatic carbocycles. The molecule has 0 bridgehead atoms. The Balaban J connectivity index is 1.83. The van der Waals surface area contributed by atoms with Gasteiger partial charge in [-0.15, -0.1) is 0 Å². The van der Waals surface area contributed by atoms with E-state index in [9.17, 15) is 0 Å². The van der Waals surface area contributed by atoms with Gasteiger partial charge in [0.25, 0.3) is 0 Å². The zero-order valence-corrected chi connectivity index (χ0v) is 11.9. The maximum Gasteiger partial charge on any atom is 0.137 e. The van der Waals surface area contributed by atoms with Crippen LogP contribution in [-0.2, 0) is 6.54 Å². The zero-order chi connectivity index (χ0) is 14.5. The van der Waals surface area contributed by atoms with Gasteiger partial charge < -0.3 is 14.4 Å². The second-order valence-electron chi connectivity index (χ2n) is 5.03. The lowest BCUT2D eigenvalue weighted by Gasteiger charge is -2.23. The van der Waals surface area contributed by atoms with Crippen LogP contribution >= 0.6 is 0 Å². The fraction of sp³-hybridized carbons (Fsp3) is 0.235. The summed E-state index contributed by atoms with van der Waals surface area (Å²) in [5.41, 5.74) is 3.15. The molecule has 0 aliphatic rings. The minimum Gasteiger partial charge on any atom is -0.396 e. The van der Waals surface area contributed by atoms with E-state index in [1.807, 2.05) is 47.0 Å². The van der Waals surface area contributed by atoms with Gasteiger partial charge in [-0.2, -0.15) is 0 Å². The maximum atomic E-state index is 9.10. The molecule has 0 fully saturated rings. The second-order valence-corrected chi connectivity index (χ2v) is 5.03. The largest absolute Gasteiger partial charge is 0.396 e. The van der Waals surface area contributed by atoms with Gasteiger partial charge in [0.15, 0.2) is 0 Å². The number of pyridine rings is 1. The Morgan fingerprint density at radius 3 is 2.62 bits per heavy atom. The number of rotatable bonds is 6. The molecule has 0 atom stereocenters. The van der Waals surface area contributed by atoms with E-state index >= 15 is 0 Å². The monoisotopic (exact) mass is 281 g/mol. The minimum absolute atomic E-state index is 0.203. The molecule has 0 radical (unpaired) electrons. The standard InChI is InChI=1S/C17H19N3O/c21-12-6-11-19(16-7-2-1-3-8-16)13-15-14-20-10-5-4-9-17(20)18-15/h1-5,7-10,14,21H,6,11-13H2. The summed E-state index contributed by atoms with van der Waals surface area (Å²) in [6.45, 7) is 1.76. The molecule has 0 amide bonds. The van der Waals surface area contributed by atoms with Gasteiger partial charge in [0, 0.05) is 31.2 Å². The molecule has 0 saturated carbocycles. The van der Waals surface area contributed by atoms with Gasteiger partial charge in [0.1, 0.15) is 5.65 Å². The number of nitrogens with zero attached hydrogens (tertiary/aromatic N) is 3. The summed E-state index contributed by atoms with van der Waals surface area (Å²) in [7, 11) is 0. The first kappa shape index (κ1) is 13.6. The first-order chi connectivity index (χ1) is 10.4. The van der Waals surface area contributed by atoms with Crippen molar-refractivity contribution in [2.45, 2.75) is 13.0 Å². The molecule has 1 aromatic carbocycles. The molecule has 0 unspecified atom stereocenters. The molecule has 4 heteroatoms. The van der Waals surface area contributed by atoms with E-state index < -0.39 is 0 Å². The normalized spacial score (nSPS) is 10.9. The molecule has 21 heavy (non-hydrogen) atoms. The maximum absolute atomic E-state index is 9.10. The molecule has 2 aromatic heterocycles. The van der Waals surface area contributed by atoms with Crippen molar-refractivity contribution in [2.75, 3.05) is 18.1 Å². The summed E-state index contributed by atoms with van der Waals surface area (Å²) >= 11 is 0. The number of fused-ring (bicyclic) bond motifs is 1. The molecular formula is C17H19N3O. The highest BCUT2D eigenvalue weighted by Gasteiger charge is 2.09. The first-order valence-electron chi connectivity index (χ1n) is 7.20. The second kappa shape index (κ2) is 6.41. The summed E-state index contributed by atoms with van der Waals surface area (Å²) in [5, 5.41) is 9.10. The average Bonchev–Trinajstić information content (AvgIpc) is 2.94. The Bertz CT molecular complexity index is 660. The van der Waals surface area contributed by atoms with Gasteiger partial charge >= 0.3 is 0 Å². The van der Waals surface area contributed by atoms with E-state index in [2.05, 4.69) is 28.2 Å². The smallest absolute Gasteiger partial charge is 0.137 e. The van der Waals surface area contributed by atoms with E-state index in [1.165, 1.54) is 0 Å². The van der Waals surface area contributed by atoms with Crippen LogP contribution in [-0.4, -0.2) is 27.6 Å². The number of aliphatic hydroxyl groups excluding tert-OH is 1. The van der Waals surface area contributed by atoms with Crippen molar-refractivity contribution in [1.82, 2.24) is 9.38 Å². The van der Waals surface area contributed by atoms with Crippen LogP contribution in [0.3, 0.4) is 0 Å². The van der Waals surface area contributed by atoms with Gasteiger partial charge in [-0.05, 0) is 30.7 Å². The summed E-state index contributed by atoms with van der Waals surface area (Å²) < 4.78 is 2.03. The van der Waals surface area contributed by atoms with Crippen LogP contribution in [0.5, 0.6) is 0 Å². The Kier molecular flexibility index (Phi) is 4.17. The molecule has 0 aliphatic heterocycles. The van der Waals surface area contributed by atoms with E-state index in [1.54, 1.807) is 0 Å². The summed E-state index contributed by atoms with van der Waals surface area (Å²) in [6, 6.07) is 16.3. The fourth-order valence-corrected chi connectivity index (χ4v) is 2.46. The summed E-state index contributed by atoms with van der Waals surface area (Å²) in [5.74, 6) is 0. The lowest BCUT2D eigenvalue weighted by Crippen LogP contribution is -2.24. The Morgan fingerprint density at radius 1 is 1.05 bits per heavy atom. The van der Waals surface area contributed by atoms with Crippen LogP contribution < -0.4 is 4.90 Å². The number of aromatic nitrogens is 2. The molecule has 108 valence electrons. The van der Waals surface area contributed by atoms with Crippen molar-refractivity contribution in [3.8, 4) is 0 Å². The van der Waals surface area contributed by atoms with Crippen LogP contribution in [0, 0.1) is 0 Å². The average molecular weight is 281 g/mol. The highest BCUT2D eigenvalue weighted by atomic mass is 16.3. The van der Waals surface area contributed by atoms with Crippen LogP contribution in [0.2, 0.25) is 0 Å². The predicted octanol–water partition coefficient (Wildman–Crippen LogP) is 2.72. The van der Waals surface area contributed by atoms with Gasteiger partial charge in [-0.1, -0.05) is 24.3 Å². The van der Waals surface area contributed by atoms with Crippen LogP contribution in [0.1, 0.15) is 12.1 Å². The van der Waals surface area contributed by atoms with Crippen molar-refractivity contribution in [1.29, 1.82) is 0 Å². The zero-order valence-electron chi connectivity index (χ0n) is 11.9. The summed E-state index contributed by atoms with van der Waals surface area (Å²) in [6.07, 6.45) is 4.82. The molecule has 2 heterocycles. The Hall–Kier alpha value is -2.33. The molecule has 3 rings (SSSR count). The van der Waals surface area contributed by atoms with Crippen molar-refractivity contribution < 1.29 is 5.11 Å². The minimum atomic E-state index is 0.203. The van der Waals surface area contributed by atoms with E-state index in [0.717, 1.165) is 36.5 Å². The molecule has 1 N–H and O–H groups in total. The Labute approximate surface area is 124 Å².